The van der Waals surface area contributed by atoms with Crippen molar-refractivity contribution in [3.05, 3.63) is 60.4 Å². The molecule has 1 fully saturated rings. The maximum atomic E-state index is 9.08. The lowest BCUT2D eigenvalue weighted by atomic mass is 10.0. The van der Waals surface area contributed by atoms with Crippen LogP contribution in [0.5, 0.6) is 0 Å². The maximum Gasteiger partial charge on any atom is 0.174 e. The van der Waals surface area contributed by atoms with Gasteiger partial charge in [-0.05, 0) is 23.8 Å². The summed E-state index contributed by atoms with van der Waals surface area (Å²) < 4.78 is 0. The molecule has 0 spiro atoms. The minimum absolute atomic E-state index is 0.0285. The second-order valence-corrected chi connectivity index (χ2v) is 4.42. The van der Waals surface area contributed by atoms with Crippen LogP contribution >= 0.6 is 0 Å². The summed E-state index contributed by atoms with van der Waals surface area (Å²) in [6.45, 7) is 0. The third-order valence-corrected chi connectivity index (χ3v) is 3.19. The summed E-state index contributed by atoms with van der Waals surface area (Å²) >= 11 is 0. The smallest absolute Gasteiger partial charge is 0.174 e. The molecule has 2 aromatic rings. The van der Waals surface area contributed by atoms with Crippen LogP contribution in [0.1, 0.15) is 18.0 Å². The fourth-order valence-electron chi connectivity index (χ4n) is 2.29. The highest BCUT2D eigenvalue weighted by Crippen LogP contribution is 2.37. The van der Waals surface area contributed by atoms with Gasteiger partial charge in [0.1, 0.15) is 0 Å². The molecule has 19 heavy (non-hydrogen) atoms. The molecule has 1 aromatic carbocycles. The van der Waals surface area contributed by atoms with Crippen molar-refractivity contribution < 1.29 is 4.84 Å². The molecular weight excluding hydrogens is 238 g/mol. The minimum atomic E-state index is -0.412. The topological polar surface area (TPSA) is 49.2 Å². The predicted octanol–water partition coefficient (Wildman–Crippen LogP) is 2.86. The lowest BCUT2D eigenvalue weighted by Gasteiger charge is -2.24. The Hall–Kier alpha value is -2.38. The Labute approximate surface area is 111 Å². The van der Waals surface area contributed by atoms with E-state index in [1.165, 1.54) is 0 Å². The van der Waals surface area contributed by atoms with E-state index in [0.29, 0.717) is 6.42 Å². The fraction of sp³-hybridized carbons (Fsp3) is 0.200. The first-order valence-corrected chi connectivity index (χ1v) is 6.19. The summed E-state index contributed by atoms with van der Waals surface area (Å²) in [7, 11) is 0. The third-order valence-electron chi connectivity index (χ3n) is 3.19. The number of hydrogen-bond donors (Lipinski definition) is 0. The van der Waals surface area contributed by atoms with Crippen molar-refractivity contribution in [3.63, 3.8) is 0 Å². The molecule has 0 bridgehead atoms. The number of nitrogens with zero attached hydrogens (tertiary/aromatic N) is 3. The molecule has 0 N–H and O–H groups in total. The van der Waals surface area contributed by atoms with Crippen molar-refractivity contribution in [1.82, 2.24) is 4.98 Å². The van der Waals surface area contributed by atoms with E-state index in [9.17, 15) is 0 Å². The number of para-hydroxylation sites is 1. The van der Waals surface area contributed by atoms with Crippen LogP contribution in [0.25, 0.3) is 0 Å². The van der Waals surface area contributed by atoms with E-state index in [1.54, 1.807) is 6.20 Å². The number of nitriles is 1. The zero-order valence-electron chi connectivity index (χ0n) is 10.3. The van der Waals surface area contributed by atoms with Crippen LogP contribution in [0.15, 0.2) is 54.9 Å². The Kier molecular flexibility index (Phi) is 3.13. The van der Waals surface area contributed by atoms with Gasteiger partial charge >= 0.3 is 0 Å². The molecule has 0 saturated carbocycles. The number of rotatable bonds is 2. The molecule has 3 rings (SSSR count). The standard InChI is InChI=1S/C15H13N3O/c16-10-14-9-15(12-5-4-8-17-11-12)18(19-14)13-6-2-1-3-7-13/h1-8,11,14-15H,9H2/t14-,15-/m0/s1. The Balaban J connectivity index is 1.95. The van der Waals surface area contributed by atoms with Crippen molar-refractivity contribution >= 4 is 5.69 Å². The second-order valence-electron chi connectivity index (χ2n) is 4.42. The van der Waals surface area contributed by atoms with E-state index >= 15 is 0 Å². The van der Waals surface area contributed by atoms with Gasteiger partial charge in [-0.15, -0.1) is 0 Å². The van der Waals surface area contributed by atoms with Crippen molar-refractivity contribution in [2.45, 2.75) is 18.6 Å². The number of hydrogen-bond acceptors (Lipinski definition) is 4. The number of anilines is 1. The summed E-state index contributed by atoms with van der Waals surface area (Å²) in [5.41, 5.74) is 2.01. The molecule has 1 aromatic heterocycles. The van der Waals surface area contributed by atoms with Gasteiger partial charge in [-0.3, -0.25) is 9.82 Å². The van der Waals surface area contributed by atoms with Gasteiger partial charge in [-0.25, -0.2) is 5.06 Å². The third kappa shape index (κ3) is 2.28. The van der Waals surface area contributed by atoms with Crippen LogP contribution in [0.3, 0.4) is 0 Å². The Morgan fingerprint density at radius 3 is 2.74 bits per heavy atom. The highest BCUT2D eigenvalue weighted by Gasteiger charge is 2.35. The van der Waals surface area contributed by atoms with Crippen LogP contribution in [0.2, 0.25) is 0 Å². The molecular formula is C15H13N3O. The predicted molar refractivity (Wildman–Crippen MR) is 71.0 cm³/mol. The quantitative estimate of drug-likeness (QED) is 0.823. The van der Waals surface area contributed by atoms with Gasteiger partial charge in [0.15, 0.2) is 6.10 Å². The highest BCUT2D eigenvalue weighted by molar-refractivity contribution is 5.47. The van der Waals surface area contributed by atoms with E-state index < -0.39 is 6.10 Å². The zero-order valence-corrected chi connectivity index (χ0v) is 10.3. The Morgan fingerprint density at radius 2 is 2.05 bits per heavy atom. The van der Waals surface area contributed by atoms with Crippen LogP contribution in [-0.4, -0.2) is 11.1 Å². The Morgan fingerprint density at radius 1 is 1.21 bits per heavy atom. The highest BCUT2D eigenvalue weighted by atomic mass is 16.7. The lowest BCUT2D eigenvalue weighted by molar-refractivity contribution is 0.118. The maximum absolute atomic E-state index is 9.08. The number of hydroxylamine groups is 1. The first-order chi connectivity index (χ1) is 9.38. The van der Waals surface area contributed by atoms with Gasteiger partial charge < -0.3 is 0 Å². The largest absolute Gasteiger partial charge is 0.264 e. The Bertz CT molecular complexity index is 532. The first kappa shape index (κ1) is 11.7. The number of benzene rings is 1. The van der Waals surface area contributed by atoms with Crippen LogP contribution in [0, 0.1) is 11.3 Å². The molecule has 4 nitrogen and oxygen atoms in total. The van der Waals surface area contributed by atoms with Crippen LogP contribution in [-0.2, 0) is 4.84 Å². The number of pyridine rings is 1. The van der Waals surface area contributed by atoms with E-state index in [4.69, 9.17) is 10.1 Å². The molecule has 0 radical (unpaired) electrons. The van der Waals surface area contributed by atoms with Crippen molar-refractivity contribution in [3.8, 4) is 6.07 Å². The molecule has 2 atom stereocenters. The van der Waals surface area contributed by atoms with Crippen LogP contribution < -0.4 is 5.06 Å². The molecule has 0 aliphatic carbocycles. The SMILES string of the molecule is N#C[C@@H]1C[C@@H](c2cccnc2)N(c2ccccc2)O1. The average Bonchev–Trinajstić information content (AvgIpc) is 2.93. The lowest BCUT2D eigenvalue weighted by Crippen LogP contribution is -2.21. The summed E-state index contributed by atoms with van der Waals surface area (Å²) in [5, 5.41) is 10.9. The van der Waals surface area contributed by atoms with E-state index in [1.807, 2.05) is 53.7 Å². The van der Waals surface area contributed by atoms with E-state index in [2.05, 4.69) is 11.1 Å². The molecule has 1 aliphatic heterocycles. The molecule has 1 saturated heterocycles. The molecule has 0 amide bonds. The fourth-order valence-corrected chi connectivity index (χ4v) is 2.29. The first-order valence-electron chi connectivity index (χ1n) is 6.19. The summed E-state index contributed by atoms with van der Waals surface area (Å²) in [6, 6.07) is 15.9. The second kappa shape index (κ2) is 5.09. The summed E-state index contributed by atoms with van der Waals surface area (Å²) in [5.74, 6) is 0. The number of aromatic nitrogens is 1. The molecule has 0 unspecified atom stereocenters. The summed E-state index contributed by atoms with van der Waals surface area (Å²) in [6.07, 6.45) is 3.81. The molecule has 4 heteroatoms. The van der Waals surface area contributed by atoms with Crippen LogP contribution in [0.4, 0.5) is 5.69 Å². The van der Waals surface area contributed by atoms with Gasteiger partial charge in [0.25, 0.3) is 0 Å². The average molecular weight is 251 g/mol. The monoisotopic (exact) mass is 251 g/mol. The summed E-state index contributed by atoms with van der Waals surface area (Å²) in [4.78, 5) is 9.85. The van der Waals surface area contributed by atoms with E-state index in [-0.39, 0.29) is 6.04 Å². The molecule has 94 valence electrons. The van der Waals surface area contributed by atoms with Crippen molar-refractivity contribution in [1.29, 1.82) is 5.26 Å². The van der Waals surface area contributed by atoms with Gasteiger partial charge in [0.05, 0.1) is 17.8 Å². The van der Waals surface area contributed by atoms with E-state index in [0.717, 1.165) is 11.3 Å². The van der Waals surface area contributed by atoms with Gasteiger partial charge in [-0.1, -0.05) is 24.3 Å². The van der Waals surface area contributed by atoms with Gasteiger partial charge in [-0.2, -0.15) is 5.26 Å². The molecule has 1 aliphatic rings. The van der Waals surface area contributed by atoms with Gasteiger partial charge in [0, 0.05) is 18.8 Å². The normalized spacial score (nSPS) is 22.2. The van der Waals surface area contributed by atoms with Crippen molar-refractivity contribution in [2.24, 2.45) is 0 Å². The molecule has 2 heterocycles. The minimum Gasteiger partial charge on any atom is -0.264 e. The zero-order chi connectivity index (χ0) is 13.1. The van der Waals surface area contributed by atoms with Crippen molar-refractivity contribution in [2.75, 3.05) is 5.06 Å². The van der Waals surface area contributed by atoms with Gasteiger partial charge in [0.2, 0.25) is 0 Å².